The van der Waals surface area contributed by atoms with Crippen molar-refractivity contribution in [2.45, 2.75) is 33.2 Å². The van der Waals surface area contributed by atoms with Gasteiger partial charge in [-0.3, -0.25) is 0 Å². The van der Waals surface area contributed by atoms with Crippen LogP contribution in [0.3, 0.4) is 0 Å². The van der Waals surface area contributed by atoms with Crippen LogP contribution in [0.1, 0.15) is 30.8 Å². The third-order valence-corrected chi connectivity index (χ3v) is 3.66. The van der Waals surface area contributed by atoms with Gasteiger partial charge >= 0.3 is 0 Å². The van der Waals surface area contributed by atoms with E-state index in [-0.39, 0.29) is 0 Å². The summed E-state index contributed by atoms with van der Waals surface area (Å²) >= 11 is 1.70. The number of aromatic nitrogens is 2. The van der Waals surface area contributed by atoms with Crippen LogP contribution >= 0.6 is 11.3 Å². The first-order chi connectivity index (χ1) is 7.78. The molecule has 16 heavy (non-hydrogen) atoms. The summed E-state index contributed by atoms with van der Waals surface area (Å²) in [6.45, 7) is 4.88. The van der Waals surface area contributed by atoms with Crippen LogP contribution < -0.4 is 5.73 Å². The van der Waals surface area contributed by atoms with E-state index in [0.717, 1.165) is 18.7 Å². The Bertz CT molecular complexity index is 449. The van der Waals surface area contributed by atoms with Crippen molar-refractivity contribution in [1.29, 1.82) is 0 Å². The second kappa shape index (κ2) is 4.80. The number of imidazole rings is 1. The van der Waals surface area contributed by atoms with Gasteiger partial charge in [-0.25, -0.2) is 4.98 Å². The second-order valence-corrected chi connectivity index (χ2v) is 4.65. The minimum Gasteiger partial charge on any atom is -0.341 e. The smallest absolute Gasteiger partial charge is 0.147 e. The molecule has 3 N–H and O–H groups in total. The Kier molecular flexibility index (Phi) is 3.41. The van der Waals surface area contributed by atoms with E-state index in [1.165, 1.54) is 21.8 Å². The molecule has 4 heteroatoms. The molecule has 3 nitrogen and oxygen atoms in total. The van der Waals surface area contributed by atoms with E-state index >= 15 is 0 Å². The summed E-state index contributed by atoms with van der Waals surface area (Å²) in [4.78, 5) is 9.20. The number of hydrogen-bond acceptors (Lipinski definition) is 3. The fourth-order valence-corrected chi connectivity index (χ4v) is 2.62. The number of rotatable bonds is 4. The molecular formula is C12H17N3S. The van der Waals surface area contributed by atoms with Gasteiger partial charge in [0.25, 0.3) is 0 Å². The predicted molar refractivity (Wildman–Crippen MR) is 68.5 cm³/mol. The van der Waals surface area contributed by atoms with Crippen molar-refractivity contribution < 1.29 is 0 Å². The number of nitrogens with one attached hydrogen (secondary N) is 1. The molecule has 2 aromatic heterocycles. The maximum atomic E-state index is 5.60. The van der Waals surface area contributed by atoms with Crippen LogP contribution in [0.5, 0.6) is 0 Å². The number of aryl methyl sites for hydroxylation is 2. The van der Waals surface area contributed by atoms with E-state index in [1.54, 1.807) is 11.3 Å². The molecule has 2 aromatic rings. The van der Waals surface area contributed by atoms with Gasteiger partial charge in [-0.2, -0.15) is 0 Å². The topological polar surface area (TPSA) is 54.7 Å². The summed E-state index contributed by atoms with van der Waals surface area (Å²) in [5.41, 5.74) is 9.21. The Morgan fingerprint density at radius 1 is 1.38 bits per heavy atom. The van der Waals surface area contributed by atoms with Gasteiger partial charge in [0, 0.05) is 12.2 Å². The number of H-pyrrole nitrogens is 1. The summed E-state index contributed by atoms with van der Waals surface area (Å²) in [6.07, 6.45) is 1.99. The first-order valence-electron chi connectivity index (χ1n) is 5.64. The lowest BCUT2D eigenvalue weighted by atomic mass is 10.2. The number of hydrogen-bond donors (Lipinski definition) is 2. The Morgan fingerprint density at radius 3 is 2.69 bits per heavy atom. The third kappa shape index (κ3) is 2.03. The molecule has 2 rings (SSSR count). The highest BCUT2D eigenvalue weighted by Gasteiger charge is 2.10. The molecule has 0 spiro atoms. The van der Waals surface area contributed by atoms with Crippen LogP contribution in [0.4, 0.5) is 0 Å². The molecule has 0 aliphatic heterocycles. The molecular weight excluding hydrogens is 218 g/mol. The Labute approximate surface area is 99.7 Å². The largest absolute Gasteiger partial charge is 0.341 e. The normalized spacial score (nSPS) is 10.9. The maximum Gasteiger partial charge on any atom is 0.147 e. The van der Waals surface area contributed by atoms with Gasteiger partial charge in [0.1, 0.15) is 5.82 Å². The number of thiophene rings is 1. The van der Waals surface area contributed by atoms with E-state index in [4.69, 9.17) is 5.73 Å². The fraction of sp³-hybridized carbons (Fsp3) is 0.417. The minimum atomic E-state index is 0.596. The highest BCUT2D eigenvalue weighted by atomic mass is 32.1. The van der Waals surface area contributed by atoms with Crippen molar-refractivity contribution in [3.8, 4) is 10.7 Å². The predicted octanol–water partition coefficient (Wildman–Crippen LogP) is 2.72. The molecule has 0 aromatic carbocycles. The van der Waals surface area contributed by atoms with Gasteiger partial charge in [-0.15, -0.1) is 11.3 Å². The summed E-state index contributed by atoms with van der Waals surface area (Å²) in [7, 11) is 0. The van der Waals surface area contributed by atoms with Crippen LogP contribution in [0.25, 0.3) is 10.7 Å². The summed E-state index contributed by atoms with van der Waals surface area (Å²) in [5, 5.41) is 2.09. The van der Waals surface area contributed by atoms with Crippen LogP contribution in [0.15, 0.2) is 11.4 Å². The number of nitrogens with zero attached hydrogens (tertiary/aromatic N) is 1. The lowest BCUT2D eigenvalue weighted by Crippen LogP contribution is -1.92. The minimum absolute atomic E-state index is 0.596. The zero-order chi connectivity index (χ0) is 11.5. The quantitative estimate of drug-likeness (QED) is 0.856. The molecule has 0 amide bonds. The zero-order valence-electron chi connectivity index (χ0n) is 9.71. The van der Waals surface area contributed by atoms with Gasteiger partial charge in [-0.05, 0) is 29.9 Å². The molecule has 2 heterocycles. The van der Waals surface area contributed by atoms with E-state index in [1.807, 2.05) is 0 Å². The van der Waals surface area contributed by atoms with Gasteiger partial charge in [0.2, 0.25) is 0 Å². The SMILES string of the molecule is CCc1nc(-c2cc(CN)cs2)[nH]c1CC. The van der Waals surface area contributed by atoms with Crippen molar-refractivity contribution in [1.82, 2.24) is 9.97 Å². The number of aromatic amines is 1. The molecule has 0 fully saturated rings. The van der Waals surface area contributed by atoms with Crippen LogP contribution in [-0.4, -0.2) is 9.97 Å². The monoisotopic (exact) mass is 235 g/mol. The maximum absolute atomic E-state index is 5.60. The van der Waals surface area contributed by atoms with Gasteiger partial charge in [-0.1, -0.05) is 13.8 Å². The average molecular weight is 235 g/mol. The van der Waals surface area contributed by atoms with Crippen molar-refractivity contribution in [2.24, 2.45) is 5.73 Å². The molecule has 0 bridgehead atoms. The lowest BCUT2D eigenvalue weighted by Gasteiger charge is -1.91. The summed E-state index contributed by atoms with van der Waals surface area (Å²) < 4.78 is 0. The van der Waals surface area contributed by atoms with Crippen LogP contribution in [-0.2, 0) is 19.4 Å². The van der Waals surface area contributed by atoms with Crippen LogP contribution in [0, 0.1) is 0 Å². The third-order valence-electron chi connectivity index (χ3n) is 2.68. The lowest BCUT2D eigenvalue weighted by molar-refractivity contribution is 0.979. The van der Waals surface area contributed by atoms with Gasteiger partial charge in [0.05, 0.1) is 10.6 Å². The molecule has 0 atom stereocenters. The van der Waals surface area contributed by atoms with Crippen molar-refractivity contribution >= 4 is 11.3 Å². The molecule has 0 saturated heterocycles. The summed E-state index contributed by atoms with van der Waals surface area (Å²) in [5.74, 6) is 0.985. The van der Waals surface area contributed by atoms with Crippen LogP contribution in [0.2, 0.25) is 0 Å². The zero-order valence-corrected chi connectivity index (χ0v) is 10.5. The average Bonchev–Trinajstić information content (AvgIpc) is 2.94. The first-order valence-corrected chi connectivity index (χ1v) is 6.52. The molecule has 0 saturated carbocycles. The van der Waals surface area contributed by atoms with E-state index in [2.05, 4.69) is 35.3 Å². The molecule has 0 unspecified atom stereocenters. The van der Waals surface area contributed by atoms with E-state index < -0.39 is 0 Å². The first kappa shape index (κ1) is 11.4. The standard InChI is InChI=1S/C12H17N3S/c1-3-9-10(4-2)15-12(14-9)11-5-8(6-13)7-16-11/h5,7H,3-4,6,13H2,1-2H3,(H,14,15). The highest BCUT2D eigenvalue weighted by molar-refractivity contribution is 7.13. The Hall–Kier alpha value is -1.13. The molecule has 86 valence electrons. The number of nitrogens with two attached hydrogens (primary N) is 1. The Morgan fingerprint density at radius 2 is 2.19 bits per heavy atom. The Balaban J connectivity index is 2.36. The molecule has 0 aliphatic carbocycles. The van der Waals surface area contributed by atoms with E-state index in [9.17, 15) is 0 Å². The highest BCUT2D eigenvalue weighted by Crippen LogP contribution is 2.26. The fourth-order valence-electron chi connectivity index (χ4n) is 1.75. The second-order valence-electron chi connectivity index (χ2n) is 3.74. The van der Waals surface area contributed by atoms with E-state index in [0.29, 0.717) is 6.54 Å². The van der Waals surface area contributed by atoms with Crippen molar-refractivity contribution in [3.05, 3.63) is 28.4 Å². The molecule has 0 radical (unpaired) electrons. The molecule has 0 aliphatic rings. The van der Waals surface area contributed by atoms with Gasteiger partial charge in [0.15, 0.2) is 0 Å². The van der Waals surface area contributed by atoms with Crippen molar-refractivity contribution in [2.75, 3.05) is 0 Å². The van der Waals surface area contributed by atoms with Crippen molar-refractivity contribution in [3.63, 3.8) is 0 Å². The van der Waals surface area contributed by atoms with Gasteiger partial charge < -0.3 is 10.7 Å². The summed E-state index contributed by atoms with van der Waals surface area (Å²) in [6, 6.07) is 2.11.